The van der Waals surface area contributed by atoms with E-state index in [4.69, 9.17) is 0 Å². The smallest absolute Gasteiger partial charge is 0.330 e. The normalized spacial score (nSPS) is 12.3. The van der Waals surface area contributed by atoms with Gasteiger partial charge in [-0.15, -0.1) is 0 Å². The number of carboxylic acid groups (broad SMARTS) is 1. The number of benzene rings is 2. The number of nitrogens with zero attached hydrogens (tertiary/aromatic N) is 2. The minimum atomic E-state index is -1.14. The first-order chi connectivity index (χ1) is 12.4. The summed E-state index contributed by atoms with van der Waals surface area (Å²) in [4.78, 5) is 24.3. The van der Waals surface area contributed by atoms with Crippen molar-refractivity contribution in [2.75, 3.05) is 0 Å². The van der Waals surface area contributed by atoms with E-state index in [1.807, 2.05) is 44.2 Å². The van der Waals surface area contributed by atoms with Crippen molar-refractivity contribution in [1.29, 1.82) is 0 Å². The molecule has 134 valence electrons. The zero-order valence-corrected chi connectivity index (χ0v) is 14.9. The van der Waals surface area contributed by atoms with Crippen molar-refractivity contribution in [3.8, 4) is 0 Å². The van der Waals surface area contributed by atoms with Crippen LogP contribution in [-0.2, 0) is 11.8 Å². The monoisotopic (exact) mass is 351 g/mol. The van der Waals surface area contributed by atoms with Gasteiger partial charge in [0.25, 0.3) is 5.91 Å². The van der Waals surface area contributed by atoms with E-state index in [0.717, 1.165) is 16.5 Å². The van der Waals surface area contributed by atoms with Crippen LogP contribution < -0.4 is 5.32 Å². The lowest BCUT2D eigenvalue weighted by Crippen LogP contribution is -2.34. The Bertz CT molecular complexity index is 975. The van der Waals surface area contributed by atoms with Crippen molar-refractivity contribution in [2.24, 2.45) is 7.05 Å². The van der Waals surface area contributed by atoms with Gasteiger partial charge in [-0.2, -0.15) is 5.10 Å². The molecule has 1 atom stereocenters. The van der Waals surface area contributed by atoms with Gasteiger partial charge in [-0.25, -0.2) is 4.79 Å². The molecule has 1 unspecified atom stereocenters. The van der Waals surface area contributed by atoms with Gasteiger partial charge in [-0.3, -0.25) is 9.48 Å². The average molecular weight is 351 g/mol. The molecule has 0 radical (unpaired) electrons. The number of carbonyl (C=O) groups is 2. The standard InChI is InChI=1S/C20H21N3O3/c1-12(2)17-11-16(22-23(17)3)19(24)21-18(20(25)26)15-9-8-13-6-4-5-7-14(13)10-15/h4-12,18H,1-3H3,(H,21,24)(H,25,26). The molecule has 1 aromatic heterocycles. The molecule has 26 heavy (non-hydrogen) atoms. The Morgan fingerprint density at radius 1 is 1.08 bits per heavy atom. The van der Waals surface area contributed by atoms with Crippen LogP contribution in [0.1, 0.15) is 47.6 Å². The summed E-state index contributed by atoms with van der Waals surface area (Å²) < 4.78 is 1.64. The summed E-state index contributed by atoms with van der Waals surface area (Å²) in [5.41, 5.74) is 1.64. The number of carboxylic acids is 1. The largest absolute Gasteiger partial charge is 0.479 e. The van der Waals surface area contributed by atoms with Crippen LogP contribution in [-0.4, -0.2) is 26.8 Å². The van der Waals surface area contributed by atoms with Gasteiger partial charge in [-0.1, -0.05) is 50.2 Å². The van der Waals surface area contributed by atoms with Crippen LogP contribution in [0, 0.1) is 0 Å². The van der Waals surface area contributed by atoms with Crippen molar-refractivity contribution >= 4 is 22.6 Å². The van der Waals surface area contributed by atoms with Gasteiger partial charge in [0.1, 0.15) is 5.69 Å². The molecule has 0 aliphatic heterocycles. The molecule has 1 heterocycles. The Hall–Kier alpha value is -3.15. The number of amides is 1. The van der Waals surface area contributed by atoms with E-state index < -0.39 is 17.9 Å². The fourth-order valence-electron chi connectivity index (χ4n) is 3.01. The van der Waals surface area contributed by atoms with E-state index in [-0.39, 0.29) is 11.6 Å². The summed E-state index contributed by atoms with van der Waals surface area (Å²) in [5, 5.41) is 18.3. The summed E-state index contributed by atoms with van der Waals surface area (Å²) in [6.45, 7) is 4.02. The molecule has 1 amide bonds. The first-order valence-corrected chi connectivity index (χ1v) is 8.43. The van der Waals surface area contributed by atoms with Crippen LogP contribution >= 0.6 is 0 Å². The minimum absolute atomic E-state index is 0.211. The number of rotatable bonds is 5. The fourth-order valence-corrected chi connectivity index (χ4v) is 3.01. The molecule has 0 saturated heterocycles. The highest BCUT2D eigenvalue weighted by Crippen LogP contribution is 2.22. The first-order valence-electron chi connectivity index (χ1n) is 8.43. The number of aliphatic carboxylic acids is 1. The molecule has 0 fully saturated rings. The van der Waals surface area contributed by atoms with Gasteiger partial charge in [0, 0.05) is 12.7 Å². The lowest BCUT2D eigenvalue weighted by molar-refractivity contribution is -0.139. The maximum absolute atomic E-state index is 12.5. The lowest BCUT2D eigenvalue weighted by Gasteiger charge is -2.15. The Labute approximate surface area is 151 Å². The fraction of sp³-hybridized carbons (Fsp3) is 0.250. The number of aromatic nitrogens is 2. The molecule has 3 rings (SSSR count). The van der Waals surface area contributed by atoms with Crippen LogP contribution in [0.3, 0.4) is 0 Å². The summed E-state index contributed by atoms with van der Waals surface area (Å²) in [7, 11) is 1.77. The van der Waals surface area contributed by atoms with E-state index in [9.17, 15) is 14.7 Å². The SMILES string of the molecule is CC(C)c1cc(C(=O)NC(C(=O)O)c2ccc3ccccc3c2)nn1C. The highest BCUT2D eigenvalue weighted by molar-refractivity contribution is 5.95. The van der Waals surface area contributed by atoms with Crippen LogP contribution in [0.25, 0.3) is 10.8 Å². The number of nitrogens with one attached hydrogen (secondary N) is 1. The highest BCUT2D eigenvalue weighted by Gasteiger charge is 2.24. The molecule has 6 nitrogen and oxygen atoms in total. The van der Waals surface area contributed by atoms with Gasteiger partial charge in [0.05, 0.1) is 0 Å². The summed E-state index contributed by atoms with van der Waals surface area (Å²) in [6, 6.07) is 13.6. The van der Waals surface area contributed by atoms with Gasteiger partial charge >= 0.3 is 5.97 Å². The maximum Gasteiger partial charge on any atom is 0.330 e. The highest BCUT2D eigenvalue weighted by atomic mass is 16.4. The van der Waals surface area contributed by atoms with Crippen molar-refractivity contribution in [3.05, 3.63) is 65.5 Å². The molecular weight excluding hydrogens is 330 g/mol. The Morgan fingerprint density at radius 3 is 2.38 bits per heavy atom. The third kappa shape index (κ3) is 3.44. The van der Waals surface area contributed by atoms with Crippen LogP contribution in [0.2, 0.25) is 0 Å². The second-order valence-electron chi connectivity index (χ2n) is 6.58. The topological polar surface area (TPSA) is 84.2 Å². The second-order valence-corrected chi connectivity index (χ2v) is 6.58. The van der Waals surface area contributed by atoms with Crippen molar-refractivity contribution in [1.82, 2.24) is 15.1 Å². The molecular formula is C20H21N3O3. The third-order valence-corrected chi connectivity index (χ3v) is 4.37. The molecule has 6 heteroatoms. The minimum Gasteiger partial charge on any atom is -0.479 e. The number of aryl methyl sites for hydroxylation is 1. The molecule has 0 spiro atoms. The van der Waals surface area contributed by atoms with Gasteiger partial charge in [-0.05, 0) is 34.4 Å². The summed E-state index contributed by atoms with van der Waals surface area (Å²) in [5.74, 6) is -1.41. The van der Waals surface area contributed by atoms with E-state index >= 15 is 0 Å². The van der Waals surface area contributed by atoms with E-state index in [1.165, 1.54) is 0 Å². The zero-order valence-electron chi connectivity index (χ0n) is 14.9. The average Bonchev–Trinajstić information content (AvgIpc) is 3.01. The Balaban J connectivity index is 1.89. The zero-order chi connectivity index (χ0) is 18.8. The summed E-state index contributed by atoms with van der Waals surface area (Å²) in [6.07, 6.45) is 0. The Kier molecular flexibility index (Phi) is 4.75. The molecule has 2 N–H and O–H groups in total. The van der Waals surface area contributed by atoms with Crippen molar-refractivity contribution in [2.45, 2.75) is 25.8 Å². The number of hydrogen-bond acceptors (Lipinski definition) is 3. The van der Waals surface area contributed by atoms with Gasteiger partial charge < -0.3 is 10.4 Å². The van der Waals surface area contributed by atoms with Crippen LogP contribution in [0.5, 0.6) is 0 Å². The van der Waals surface area contributed by atoms with Crippen LogP contribution in [0.15, 0.2) is 48.5 Å². The number of hydrogen-bond donors (Lipinski definition) is 2. The lowest BCUT2D eigenvalue weighted by atomic mass is 10.0. The Morgan fingerprint density at radius 2 is 1.77 bits per heavy atom. The third-order valence-electron chi connectivity index (χ3n) is 4.37. The number of fused-ring (bicyclic) bond motifs is 1. The molecule has 0 aliphatic carbocycles. The molecule has 2 aromatic carbocycles. The van der Waals surface area contributed by atoms with Crippen molar-refractivity contribution in [3.63, 3.8) is 0 Å². The quantitative estimate of drug-likeness (QED) is 0.739. The van der Waals surface area contributed by atoms with Gasteiger partial charge in [0.2, 0.25) is 0 Å². The van der Waals surface area contributed by atoms with E-state index in [1.54, 1.807) is 29.9 Å². The molecule has 0 bridgehead atoms. The molecule has 0 saturated carbocycles. The van der Waals surface area contributed by atoms with E-state index in [2.05, 4.69) is 10.4 Å². The van der Waals surface area contributed by atoms with E-state index in [0.29, 0.717) is 5.56 Å². The van der Waals surface area contributed by atoms with Crippen molar-refractivity contribution < 1.29 is 14.7 Å². The second kappa shape index (κ2) is 7.00. The van der Waals surface area contributed by atoms with Crippen LogP contribution in [0.4, 0.5) is 0 Å². The van der Waals surface area contributed by atoms with Gasteiger partial charge in [0.15, 0.2) is 6.04 Å². The molecule has 3 aromatic rings. The predicted octanol–water partition coefficient (Wildman–Crippen LogP) is 3.25. The predicted molar refractivity (Wildman–Crippen MR) is 99.1 cm³/mol. The number of carbonyl (C=O) groups excluding carboxylic acids is 1. The summed E-state index contributed by atoms with van der Waals surface area (Å²) >= 11 is 0. The first kappa shape index (κ1) is 17.7. The molecule has 0 aliphatic rings. The maximum atomic E-state index is 12.5.